The van der Waals surface area contributed by atoms with Crippen LogP contribution in [0.1, 0.15) is 39.0 Å². The maximum absolute atomic E-state index is 11.8. The van der Waals surface area contributed by atoms with E-state index >= 15 is 0 Å². The zero-order valence-corrected chi connectivity index (χ0v) is 10.4. The summed E-state index contributed by atoms with van der Waals surface area (Å²) in [7, 11) is 0. The van der Waals surface area contributed by atoms with E-state index in [2.05, 4.69) is 22.8 Å². The molecule has 0 aromatic rings. The Labute approximate surface area is 102 Å². The summed E-state index contributed by atoms with van der Waals surface area (Å²) < 4.78 is 0. The molecule has 1 fully saturated rings. The summed E-state index contributed by atoms with van der Waals surface area (Å²) in [5.41, 5.74) is -0.148. The molecule has 0 heterocycles. The van der Waals surface area contributed by atoms with Crippen LogP contribution in [0.3, 0.4) is 0 Å². The van der Waals surface area contributed by atoms with Gasteiger partial charge < -0.3 is 15.7 Å². The molecular formula is C13H22N2O2. The lowest BCUT2D eigenvalue weighted by Crippen LogP contribution is -2.50. The molecule has 0 aromatic carbocycles. The van der Waals surface area contributed by atoms with Crippen LogP contribution in [0.5, 0.6) is 0 Å². The van der Waals surface area contributed by atoms with Crippen molar-refractivity contribution in [2.75, 3.05) is 6.61 Å². The zero-order chi connectivity index (χ0) is 12.3. The first-order chi connectivity index (χ1) is 8.14. The molecule has 0 bridgehead atoms. The van der Waals surface area contributed by atoms with E-state index in [0.29, 0.717) is 0 Å². The van der Waals surface area contributed by atoms with Crippen molar-refractivity contribution in [2.45, 2.75) is 51.1 Å². The van der Waals surface area contributed by atoms with Crippen molar-refractivity contribution in [3.63, 3.8) is 0 Å². The van der Waals surface area contributed by atoms with E-state index in [4.69, 9.17) is 0 Å². The van der Waals surface area contributed by atoms with Gasteiger partial charge in [-0.05, 0) is 25.7 Å². The smallest absolute Gasteiger partial charge is 0.315 e. The van der Waals surface area contributed by atoms with Crippen molar-refractivity contribution in [3.05, 3.63) is 12.2 Å². The molecule has 0 radical (unpaired) electrons. The monoisotopic (exact) mass is 238 g/mol. The summed E-state index contributed by atoms with van der Waals surface area (Å²) in [5.74, 6) is 0. The van der Waals surface area contributed by atoms with Gasteiger partial charge >= 0.3 is 6.03 Å². The SMILES string of the molecule is CC1(CO)CCCC1NC(=O)NC1CC=CC1. The number of rotatable bonds is 3. The second-order valence-electron chi connectivity index (χ2n) is 5.51. The number of aliphatic hydroxyl groups is 1. The Bertz CT molecular complexity index is 309. The van der Waals surface area contributed by atoms with Crippen LogP contribution in [0.4, 0.5) is 4.79 Å². The molecule has 2 amide bonds. The lowest BCUT2D eigenvalue weighted by Gasteiger charge is -2.30. The number of hydrogen-bond donors (Lipinski definition) is 3. The molecule has 4 nitrogen and oxygen atoms in total. The Morgan fingerprint density at radius 3 is 2.76 bits per heavy atom. The normalized spacial score (nSPS) is 32.9. The van der Waals surface area contributed by atoms with Gasteiger partial charge in [0, 0.05) is 17.5 Å². The molecule has 0 spiro atoms. The van der Waals surface area contributed by atoms with Crippen LogP contribution >= 0.6 is 0 Å². The molecule has 4 heteroatoms. The Balaban J connectivity index is 1.81. The fourth-order valence-electron chi connectivity index (χ4n) is 2.79. The summed E-state index contributed by atoms with van der Waals surface area (Å²) in [6.07, 6.45) is 9.07. The first kappa shape index (κ1) is 12.4. The Morgan fingerprint density at radius 2 is 2.12 bits per heavy atom. The third kappa shape index (κ3) is 2.80. The van der Waals surface area contributed by atoms with Gasteiger partial charge in [0.2, 0.25) is 0 Å². The fraction of sp³-hybridized carbons (Fsp3) is 0.769. The quantitative estimate of drug-likeness (QED) is 0.653. The van der Waals surface area contributed by atoms with Crippen LogP contribution < -0.4 is 10.6 Å². The van der Waals surface area contributed by atoms with Crippen molar-refractivity contribution in [3.8, 4) is 0 Å². The van der Waals surface area contributed by atoms with Gasteiger partial charge in [-0.2, -0.15) is 0 Å². The van der Waals surface area contributed by atoms with E-state index in [-0.39, 0.29) is 30.1 Å². The van der Waals surface area contributed by atoms with Crippen LogP contribution in [0, 0.1) is 5.41 Å². The molecule has 2 unspecified atom stereocenters. The summed E-state index contributed by atoms with van der Waals surface area (Å²) in [4.78, 5) is 11.8. The van der Waals surface area contributed by atoms with Crippen LogP contribution in [0.25, 0.3) is 0 Å². The van der Waals surface area contributed by atoms with Crippen molar-refractivity contribution in [2.24, 2.45) is 5.41 Å². The lowest BCUT2D eigenvalue weighted by molar-refractivity contribution is 0.121. The van der Waals surface area contributed by atoms with Crippen LogP contribution in [-0.4, -0.2) is 29.8 Å². The highest BCUT2D eigenvalue weighted by Crippen LogP contribution is 2.37. The Kier molecular flexibility index (Phi) is 3.72. The van der Waals surface area contributed by atoms with Crippen LogP contribution in [-0.2, 0) is 0 Å². The average molecular weight is 238 g/mol. The number of carbonyl (C=O) groups is 1. The predicted molar refractivity (Wildman–Crippen MR) is 66.7 cm³/mol. The van der Waals surface area contributed by atoms with Gasteiger partial charge in [0.1, 0.15) is 0 Å². The number of nitrogens with one attached hydrogen (secondary N) is 2. The second-order valence-corrected chi connectivity index (χ2v) is 5.51. The van der Waals surface area contributed by atoms with Crippen LogP contribution in [0.15, 0.2) is 12.2 Å². The molecule has 96 valence electrons. The predicted octanol–water partition coefficient (Wildman–Crippen LogP) is 1.56. The molecule has 2 rings (SSSR count). The number of amides is 2. The summed E-state index contributed by atoms with van der Waals surface area (Å²) in [6.45, 7) is 2.19. The summed E-state index contributed by atoms with van der Waals surface area (Å²) in [5, 5.41) is 15.4. The zero-order valence-electron chi connectivity index (χ0n) is 10.4. The van der Waals surface area contributed by atoms with Gasteiger partial charge in [-0.15, -0.1) is 0 Å². The van der Waals surface area contributed by atoms with Gasteiger partial charge in [-0.1, -0.05) is 25.5 Å². The molecular weight excluding hydrogens is 216 g/mol. The van der Waals surface area contributed by atoms with E-state index in [1.165, 1.54) is 0 Å². The summed E-state index contributed by atoms with van der Waals surface area (Å²) in [6, 6.07) is 0.254. The molecule has 2 aliphatic rings. The third-order valence-electron chi connectivity index (χ3n) is 4.09. The first-order valence-electron chi connectivity index (χ1n) is 6.47. The number of carbonyl (C=O) groups excluding carboxylic acids is 1. The maximum Gasteiger partial charge on any atom is 0.315 e. The van der Waals surface area contributed by atoms with Crippen molar-refractivity contribution in [1.82, 2.24) is 10.6 Å². The standard InChI is InChI=1S/C13H22N2O2/c1-13(9-16)8-4-7-11(13)15-12(17)14-10-5-2-3-6-10/h2-3,10-11,16H,4-9H2,1H3,(H2,14,15,17). The maximum atomic E-state index is 11.8. The number of hydrogen-bond acceptors (Lipinski definition) is 2. The molecule has 1 saturated carbocycles. The van der Waals surface area contributed by atoms with Gasteiger partial charge in [0.15, 0.2) is 0 Å². The fourth-order valence-corrected chi connectivity index (χ4v) is 2.79. The highest BCUT2D eigenvalue weighted by atomic mass is 16.3. The average Bonchev–Trinajstić information content (AvgIpc) is 2.91. The molecule has 0 saturated heterocycles. The van der Waals surface area contributed by atoms with E-state index in [1.54, 1.807) is 0 Å². The molecule has 0 aromatic heterocycles. The largest absolute Gasteiger partial charge is 0.396 e. The van der Waals surface area contributed by atoms with E-state index in [9.17, 15) is 9.90 Å². The minimum absolute atomic E-state index is 0.0923. The van der Waals surface area contributed by atoms with Crippen molar-refractivity contribution in [1.29, 1.82) is 0 Å². The van der Waals surface area contributed by atoms with E-state index in [0.717, 1.165) is 32.1 Å². The number of aliphatic hydroxyl groups excluding tert-OH is 1. The number of urea groups is 1. The van der Waals surface area contributed by atoms with Crippen molar-refractivity contribution >= 4 is 6.03 Å². The lowest BCUT2D eigenvalue weighted by atomic mass is 9.86. The molecule has 17 heavy (non-hydrogen) atoms. The minimum atomic E-state index is -0.148. The molecule has 2 atom stereocenters. The Morgan fingerprint density at radius 1 is 1.41 bits per heavy atom. The topological polar surface area (TPSA) is 61.4 Å². The highest BCUT2D eigenvalue weighted by Gasteiger charge is 2.39. The van der Waals surface area contributed by atoms with Crippen molar-refractivity contribution < 1.29 is 9.90 Å². The van der Waals surface area contributed by atoms with Gasteiger partial charge in [0.25, 0.3) is 0 Å². The first-order valence-corrected chi connectivity index (χ1v) is 6.47. The van der Waals surface area contributed by atoms with Crippen LogP contribution in [0.2, 0.25) is 0 Å². The second kappa shape index (κ2) is 5.08. The van der Waals surface area contributed by atoms with E-state index in [1.807, 2.05) is 6.92 Å². The van der Waals surface area contributed by atoms with Gasteiger partial charge in [-0.3, -0.25) is 0 Å². The summed E-state index contributed by atoms with van der Waals surface area (Å²) >= 11 is 0. The molecule has 0 aliphatic heterocycles. The highest BCUT2D eigenvalue weighted by molar-refractivity contribution is 5.74. The van der Waals surface area contributed by atoms with E-state index < -0.39 is 0 Å². The molecule has 3 N–H and O–H groups in total. The minimum Gasteiger partial charge on any atom is -0.396 e. The van der Waals surface area contributed by atoms with Gasteiger partial charge in [0.05, 0.1) is 6.61 Å². The third-order valence-corrected chi connectivity index (χ3v) is 4.09. The molecule has 2 aliphatic carbocycles. The Hall–Kier alpha value is -1.03. The van der Waals surface area contributed by atoms with Gasteiger partial charge in [-0.25, -0.2) is 4.79 Å².